The van der Waals surface area contributed by atoms with Crippen molar-refractivity contribution in [2.45, 2.75) is 20.8 Å². The highest BCUT2D eigenvalue weighted by Crippen LogP contribution is 2.17. The number of rotatable bonds is 5. The third kappa shape index (κ3) is 4.12. The minimum absolute atomic E-state index is 0.0685. The van der Waals surface area contributed by atoms with E-state index in [1.807, 2.05) is 26.8 Å². The van der Waals surface area contributed by atoms with Gasteiger partial charge in [0, 0.05) is 5.56 Å². The van der Waals surface area contributed by atoms with Gasteiger partial charge >= 0.3 is 11.9 Å². The van der Waals surface area contributed by atoms with Gasteiger partial charge in [0.15, 0.2) is 6.61 Å². The predicted molar refractivity (Wildman–Crippen MR) is 93.0 cm³/mol. The van der Waals surface area contributed by atoms with Crippen LogP contribution in [0.4, 0.5) is 0 Å². The van der Waals surface area contributed by atoms with E-state index in [0.29, 0.717) is 5.56 Å². The minimum Gasteiger partial charge on any atom is -0.465 e. The maximum atomic E-state index is 12.4. The van der Waals surface area contributed by atoms with Crippen LogP contribution in [0, 0.1) is 20.8 Å². The normalized spacial score (nSPS) is 10.2. The SMILES string of the molecule is COC(=O)c1ccccc1C(=O)OCC(=O)c1cc(C)c(C)cc1C. The lowest BCUT2D eigenvalue weighted by molar-refractivity contribution is 0.0463. The second-order valence-electron chi connectivity index (χ2n) is 5.79. The molecule has 0 radical (unpaired) electrons. The Morgan fingerprint density at radius 2 is 1.36 bits per heavy atom. The van der Waals surface area contributed by atoms with E-state index in [-0.39, 0.29) is 16.9 Å². The van der Waals surface area contributed by atoms with E-state index < -0.39 is 18.5 Å². The number of ether oxygens (including phenoxy) is 2. The molecular weight excluding hydrogens is 320 g/mol. The minimum atomic E-state index is -0.740. The largest absolute Gasteiger partial charge is 0.465 e. The summed E-state index contributed by atoms with van der Waals surface area (Å²) in [7, 11) is 1.23. The fourth-order valence-electron chi connectivity index (χ4n) is 2.50. The topological polar surface area (TPSA) is 69.7 Å². The first-order chi connectivity index (χ1) is 11.8. The number of carbonyl (C=O) groups excluding carboxylic acids is 3. The molecule has 0 spiro atoms. The van der Waals surface area contributed by atoms with Crippen LogP contribution in [-0.2, 0) is 9.47 Å². The zero-order valence-electron chi connectivity index (χ0n) is 14.7. The Labute approximate surface area is 146 Å². The van der Waals surface area contributed by atoms with E-state index in [1.54, 1.807) is 18.2 Å². The van der Waals surface area contributed by atoms with Crippen LogP contribution in [0.25, 0.3) is 0 Å². The van der Waals surface area contributed by atoms with Crippen LogP contribution in [0.1, 0.15) is 47.8 Å². The molecule has 0 aliphatic rings. The summed E-state index contributed by atoms with van der Waals surface area (Å²) in [6.07, 6.45) is 0. The van der Waals surface area contributed by atoms with Crippen molar-refractivity contribution in [2.24, 2.45) is 0 Å². The first-order valence-corrected chi connectivity index (χ1v) is 7.80. The van der Waals surface area contributed by atoms with Crippen molar-refractivity contribution in [2.75, 3.05) is 13.7 Å². The van der Waals surface area contributed by atoms with Gasteiger partial charge in [0.05, 0.1) is 18.2 Å². The molecule has 0 aromatic heterocycles. The summed E-state index contributed by atoms with van der Waals surface area (Å²) in [5.41, 5.74) is 3.62. The molecule has 0 amide bonds. The maximum absolute atomic E-state index is 12.4. The Kier molecular flexibility index (Phi) is 5.70. The number of aryl methyl sites for hydroxylation is 3. The van der Waals surface area contributed by atoms with E-state index in [1.165, 1.54) is 19.2 Å². The van der Waals surface area contributed by atoms with E-state index in [2.05, 4.69) is 4.74 Å². The van der Waals surface area contributed by atoms with Crippen molar-refractivity contribution in [3.8, 4) is 0 Å². The quantitative estimate of drug-likeness (QED) is 0.616. The summed E-state index contributed by atoms with van der Waals surface area (Å²) in [6.45, 7) is 5.34. The fraction of sp³-hybridized carbons (Fsp3) is 0.250. The smallest absolute Gasteiger partial charge is 0.339 e. The van der Waals surface area contributed by atoms with Crippen LogP contribution in [0.15, 0.2) is 36.4 Å². The lowest BCUT2D eigenvalue weighted by Crippen LogP contribution is -2.18. The van der Waals surface area contributed by atoms with Gasteiger partial charge in [-0.15, -0.1) is 0 Å². The van der Waals surface area contributed by atoms with Crippen LogP contribution >= 0.6 is 0 Å². The van der Waals surface area contributed by atoms with Gasteiger partial charge in [-0.2, -0.15) is 0 Å². The zero-order valence-corrected chi connectivity index (χ0v) is 14.7. The van der Waals surface area contributed by atoms with E-state index in [9.17, 15) is 14.4 Å². The van der Waals surface area contributed by atoms with Crippen molar-refractivity contribution < 1.29 is 23.9 Å². The molecule has 0 heterocycles. The molecular formula is C20H20O5. The van der Waals surface area contributed by atoms with Gasteiger partial charge in [0.1, 0.15) is 0 Å². The van der Waals surface area contributed by atoms with Crippen molar-refractivity contribution in [1.29, 1.82) is 0 Å². The van der Waals surface area contributed by atoms with Gasteiger partial charge in [-0.05, 0) is 55.7 Å². The molecule has 2 aromatic carbocycles. The molecule has 0 atom stereocenters. The van der Waals surface area contributed by atoms with E-state index in [0.717, 1.165) is 16.7 Å². The lowest BCUT2D eigenvalue weighted by atomic mass is 9.98. The van der Waals surface area contributed by atoms with E-state index in [4.69, 9.17) is 4.74 Å². The number of methoxy groups -OCH3 is 1. The Morgan fingerprint density at radius 1 is 0.800 bits per heavy atom. The predicted octanol–water partition coefficient (Wildman–Crippen LogP) is 3.44. The van der Waals surface area contributed by atoms with Crippen molar-refractivity contribution in [3.05, 3.63) is 69.8 Å². The molecule has 25 heavy (non-hydrogen) atoms. The molecule has 0 unspecified atom stereocenters. The summed E-state index contributed by atoms with van der Waals surface area (Å²) in [6, 6.07) is 9.88. The first kappa shape index (κ1) is 18.4. The zero-order chi connectivity index (χ0) is 18.6. The monoisotopic (exact) mass is 340 g/mol. The second-order valence-corrected chi connectivity index (χ2v) is 5.79. The summed E-state index contributed by atoms with van der Waals surface area (Å²) in [5.74, 6) is -1.66. The average Bonchev–Trinajstić information content (AvgIpc) is 2.61. The maximum Gasteiger partial charge on any atom is 0.339 e. The molecule has 0 saturated carbocycles. The highest BCUT2D eigenvalue weighted by Gasteiger charge is 2.20. The highest BCUT2D eigenvalue weighted by atomic mass is 16.5. The molecule has 0 saturated heterocycles. The molecule has 0 N–H and O–H groups in total. The molecule has 5 heteroatoms. The Morgan fingerprint density at radius 3 is 1.96 bits per heavy atom. The molecule has 0 aliphatic carbocycles. The van der Waals surface area contributed by atoms with E-state index >= 15 is 0 Å². The van der Waals surface area contributed by atoms with Gasteiger partial charge in [-0.1, -0.05) is 18.2 Å². The molecule has 5 nitrogen and oxygen atoms in total. The standard InChI is InChI=1S/C20H20O5/c1-12-9-14(3)17(10-13(12)2)18(21)11-25-20(23)16-8-6-5-7-15(16)19(22)24-4/h5-10H,11H2,1-4H3. The summed E-state index contributed by atoms with van der Waals surface area (Å²) in [4.78, 5) is 36.3. The molecule has 2 rings (SSSR count). The third-order valence-electron chi connectivity index (χ3n) is 4.03. The lowest BCUT2D eigenvalue weighted by Gasteiger charge is -2.10. The van der Waals surface area contributed by atoms with Gasteiger partial charge in [0.25, 0.3) is 0 Å². The average molecular weight is 340 g/mol. The van der Waals surface area contributed by atoms with Gasteiger partial charge < -0.3 is 9.47 Å². The molecule has 0 fully saturated rings. The number of hydrogen-bond acceptors (Lipinski definition) is 5. The van der Waals surface area contributed by atoms with Crippen molar-refractivity contribution >= 4 is 17.7 Å². The Balaban J connectivity index is 2.14. The van der Waals surface area contributed by atoms with Crippen molar-refractivity contribution in [3.63, 3.8) is 0 Å². The van der Waals surface area contributed by atoms with Crippen LogP contribution in [0.5, 0.6) is 0 Å². The van der Waals surface area contributed by atoms with Crippen LogP contribution in [0.2, 0.25) is 0 Å². The van der Waals surface area contributed by atoms with Gasteiger partial charge in [0.2, 0.25) is 5.78 Å². The van der Waals surface area contributed by atoms with Crippen molar-refractivity contribution in [1.82, 2.24) is 0 Å². The number of esters is 2. The fourth-order valence-corrected chi connectivity index (χ4v) is 2.50. The number of Topliss-reactive ketones (excluding diaryl/α,β-unsaturated/α-hetero) is 1. The third-order valence-corrected chi connectivity index (χ3v) is 4.03. The Hall–Kier alpha value is -2.95. The molecule has 2 aromatic rings. The van der Waals surface area contributed by atoms with Crippen LogP contribution in [0.3, 0.4) is 0 Å². The Bertz CT molecular complexity index is 836. The number of benzene rings is 2. The number of hydrogen-bond donors (Lipinski definition) is 0. The number of carbonyl (C=O) groups is 3. The first-order valence-electron chi connectivity index (χ1n) is 7.80. The molecule has 0 aliphatic heterocycles. The van der Waals surface area contributed by atoms with Gasteiger partial charge in [-0.25, -0.2) is 9.59 Å². The summed E-state index contributed by atoms with van der Waals surface area (Å²) >= 11 is 0. The second kappa shape index (κ2) is 7.75. The summed E-state index contributed by atoms with van der Waals surface area (Å²) < 4.78 is 9.76. The van der Waals surface area contributed by atoms with Gasteiger partial charge in [-0.3, -0.25) is 4.79 Å². The molecule has 0 bridgehead atoms. The summed E-state index contributed by atoms with van der Waals surface area (Å²) in [5, 5.41) is 0. The van der Waals surface area contributed by atoms with Crippen LogP contribution < -0.4 is 0 Å². The highest BCUT2D eigenvalue weighted by molar-refractivity contribution is 6.05. The van der Waals surface area contributed by atoms with Crippen LogP contribution in [-0.4, -0.2) is 31.4 Å². The number of ketones is 1. The molecule has 130 valence electrons.